The summed E-state index contributed by atoms with van der Waals surface area (Å²) in [6, 6.07) is 4.54. The lowest BCUT2D eigenvalue weighted by Crippen LogP contribution is -1.85. The van der Waals surface area contributed by atoms with Crippen molar-refractivity contribution in [3.05, 3.63) is 51.9 Å². The molecule has 0 saturated heterocycles. The monoisotopic (exact) mass is 834 g/mol. The predicted octanol–water partition coefficient (Wildman–Crippen LogP) is 15.0. The van der Waals surface area contributed by atoms with Gasteiger partial charge in [0.05, 0.1) is 32.8 Å². The summed E-state index contributed by atoms with van der Waals surface area (Å²) in [5.41, 5.74) is 5.34. The molecule has 0 saturated carbocycles. The third kappa shape index (κ3) is 6.13. The molecule has 0 fully saturated rings. The van der Waals surface area contributed by atoms with E-state index in [1.165, 1.54) is 124 Å². The number of unbranched alkanes of at least 4 members (excludes halogenated alkanes) is 8. The molecule has 4 heterocycles. The summed E-state index contributed by atoms with van der Waals surface area (Å²) >= 11 is 23.3. The molecule has 0 aliphatic heterocycles. The Morgan fingerprint density at radius 2 is 1.08 bits per heavy atom. The van der Waals surface area contributed by atoms with Crippen LogP contribution < -0.4 is 0 Å². The zero-order valence-electron chi connectivity index (χ0n) is 21.5. The van der Waals surface area contributed by atoms with Crippen molar-refractivity contribution in [3.63, 3.8) is 0 Å². The van der Waals surface area contributed by atoms with Gasteiger partial charge in [-0.1, -0.05) is 70.4 Å². The van der Waals surface area contributed by atoms with Gasteiger partial charge in [-0.25, -0.2) is 0 Å². The van der Waals surface area contributed by atoms with Crippen molar-refractivity contribution >= 4 is 128 Å². The fraction of sp³-hybridized carbons (Fsp3) is 0.400. The Hall–Kier alpha value is 0.460. The molecule has 38 heavy (non-hydrogen) atoms. The van der Waals surface area contributed by atoms with Crippen molar-refractivity contribution in [2.24, 2.45) is 0 Å². The van der Waals surface area contributed by atoms with Crippen LogP contribution in [0.2, 0.25) is 0 Å². The first-order valence-electron chi connectivity index (χ1n) is 13.3. The molecule has 0 aliphatic carbocycles. The maximum atomic E-state index is 3.97. The molecule has 0 amide bonds. The second-order valence-electron chi connectivity index (χ2n) is 9.85. The lowest BCUT2D eigenvalue weighted by atomic mass is 10.0. The Bertz CT molecular complexity index is 1550. The van der Waals surface area contributed by atoms with Crippen LogP contribution in [0.25, 0.3) is 39.7 Å². The molecule has 0 radical (unpaired) electrons. The maximum absolute atomic E-state index is 3.97. The smallest absolute Gasteiger partial charge is 0.0602 e. The van der Waals surface area contributed by atoms with Crippen molar-refractivity contribution in [1.29, 1.82) is 0 Å². The highest BCUT2D eigenvalue weighted by Gasteiger charge is 2.22. The Morgan fingerprint density at radius 3 is 1.66 bits per heavy atom. The number of halogens is 4. The van der Waals surface area contributed by atoms with E-state index in [0.717, 1.165) is 8.95 Å². The molecule has 0 bridgehead atoms. The number of rotatable bonds is 12. The van der Waals surface area contributed by atoms with Crippen LogP contribution in [0.15, 0.2) is 40.8 Å². The topological polar surface area (TPSA) is 0 Å². The molecule has 0 unspecified atom stereocenters. The maximum Gasteiger partial charge on any atom is 0.0602 e. The average molecular weight is 838 g/mol. The van der Waals surface area contributed by atoms with Gasteiger partial charge < -0.3 is 0 Å². The summed E-state index contributed by atoms with van der Waals surface area (Å²) in [7, 11) is 0. The van der Waals surface area contributed by atoms with Gasteiger partial charge >= 0.3 is 0 Å². The summed E-state index contributed by atoms with van der Waals surface area (Å²) in [5, 5.41) is 4.63. The second kappa shape index (κ2) is 13.6. The summed E-state index contributed by atoms with van der Waals surface area (Å²) in [6.07, 6.45) is 13.6. The van der Waals surface area contributed by atoms with Crippen LogP contribution in [0.4, 0.5) is 0 Å². The van der Waals surface area contributed by atoms with Crippen molar-refractivity contribution in [2.45, 2.75) is 78.1 Å². The van der Waals surface area contributed by atoms with E-state index in [1.54, 1.807) is 0 Å². The molecule has 5 aromatic rings. The predicted molar refractivity (Wildman–Crippen MR) is 190 cm³/mol. The van der Waals surface area contributed by atoms with E-state index in [1.807, 2.05) is 45.3 Å². The Labute approximate surface area is 275 Å². The molecule has 1 aromatic carbocycles. The van der Waals surface area contributed by atoms with Crippen molar-refractivity contribution < 1.29 is 0 Å². The molecular weight excluding hydrogens is 808 g/mol. The van der Waals surface area contributed by atoms with Gasteiger partial charge in [0.15, 0.2) is 0 Å². The molecule has 202 valence electrons. The van der Waals surface area contributed by atoms with Gasteiger partial charge in [-0.05, 0) is 105 Å². The number of hydrogen-bond donors (Lipinski definition) is 0. The summed E-state index contributed by atoms with van der Waals surface area (Å²) in [6.45, 7) is 4.49. The van der Waals surface area contributed by atoms with Gasteiger partial charge in [0.25, 0.3) is 0 Å². The summed E-state index contributed by atoms with van der Waals surface area (Å²) in [5.74, 6) is 0. The van der Waals surface area contributed by atoms with Gasteiger partial charge in [0, 0.05) is 24.8 Å². The van der Waals surface area contributed by atoms with Gasteiger partial charge in [-0.2, -0.15) is 0 Å². The van der Waals surface area contributed by atoms with Gasteiger partial charge in [-0.15, -0.1) is 45.3 Å². The molecular formula is C30H30Br4S4. The van der Waals surface area contributed by atoms with E-state index in [0.29, 0.717) is 0 Å². The molecule has 8 heteroatoms. The number of thiophene rings is 4. The van der Waals surface area contributed by atoms with E-state index in [9.17, 15) is 0 Å². The standard InChI is InChI=1S/C30H30Br4S4/c1-3-4-5-6-7-8-9-10-11-12-18-16-36-30-24(34)28(38-26(18)30)20-14-13-19(21(31)22(20)32)27-23(33)29-25(37-27)17(2)15-35-29/h13-16H,3-12H2,1-2H3. The van der Waals surface area contributed by atoms with Crippen LogP contribution >= 0.6 is 109 Å². The van der Waals surface area contributed by atoms with Crippen LogP contribution in [0, 0.1) is 6.92 Å². The highest BCUT2D eigenvalue weighted by atomic mass is 79.9. The molecule has 5 rings (SSSR count). The first-order chi connectivity index (χ1) is 18.4. The zero-order chi connectivity index (χ0) is 26.8. The molecule has 0 spiro atoms. The second-order valence-corrected chi connectivity index (χ2v) is 16.8. The Balaban J connectivity index is 1.32. The SMILES string of the molecule is CCCCCCCCCCCc1csc2c(Br)c(-c3ccc(-c4sc5c(C)csc5c4Br)c(Br)c3Br)sc12. The van der Waals surface area contributed by atoms with E-state index in [4.69, 9.17) is 0 Å². The van der Waals surface area contributed by atoms with Crippen LogP contribution in [-0.4, -0.2) is 0 Å². The van der Waals surface area contributed by atoms with Crippen LogP contribution in [0.3, 0.4) is 0 Å². The summed E-state index contributed by atoms with van der Waals surface area (Å²) in [4.78, 5) is 2.59. The van der Waals surface area contributed by atoms with Crippen molar-refractivity contribution in [1.82, 2.24) is 0 Å². The van der Waals surface area contributed by atoms with Gasteiger partial charge in [0.2, 0.25) is 0 Å². The first kappa shape index (κ1) is 29.9. The normalized spacial score (nSPS) is 11.9. The molecule has 0 nitrogen and oxygen atoms in total. The fourth-order valence-electron chi connectivity index (χ4n) is 4.90. The number of benzene rings is 1. The highest BCUT2D eigenvalue weighted by molar-refractivity contribution is 9.13. The molecule has 0 N–H and O–H groups in total. The minimum atomic E-state index is 1.11. The minimum Gasteiger partial charge on any atom is -0.141 e. The molecule has 0 aliphatic rings. The van der Waals surface area contributed by atoms with Gasteiger partial charge in [0.1, 0.15) is 0 Å². The molecule has 0 atom stereocenters. The lowest BCUT2D eigenvalue weighted by Gasteiger charge is -2.10. The third-order valence-corrected chi connectivity index (χ3v) is 17.0. The lowest BCUT2D eigenvalue weighted by molar-refractivity contribution is 0.565. The van der Waals surface area contributed by atoms with E-state index < -0.39 is 0 Å². The number of fused-ring (bicyclic) bond motifs is 2. The average Bonchev–Trinajstić information content (AvgIpc) is 3.65. The Morgan fingerprint density at radius 1 is 0.579 bits per heavy atom. The summed E-state index contributed by atoms with van der Waals surface area (Å²) < 4.78 is 10.2. The molecule has 4 aromatic heterocycles. The van der Waals surface area contributed by atoms with Crippen LogP contribution in [-0.2, 0) is 6.42 Å². The van der Waals surface area contributed by atoms with Crippen molar-refractivity contribution in [3.8, 4) is 20.9 Å². The highest BCUT2D eigenvalue weighted by Crippen LogP contribution is 2.53. The fourth-order valence-corrected chi connectivity index (χ4v) is 13.3. The van der Waals surface area contributed by atoms with Crippen molar-refractivity contribution in [2.75, 3.05) is 0 Å². The number of hydrogen-bond acceptors (Lipinski definition) is 4. The van der Waals surface area contributed by atoms with E-state index in [2.05, 4.69) is 100 Å². The van der Waals surface area contributed by atoms with Crippen LogP contribution in [0.1, 0.15) is 75.8 Å². The largest absolute Gasteiger partial charge is 0.141 e. The number of aryl methyl sites for hydroxylation is 2. The van der Waals surface area contributed by atoms with Crippen LogP contribution in [0.5, 0.6) is 0 Å². The van der Waals surface area contributed by atoms with E-state index >= 15 is 0 Å². The minimum absolute atomic E-state index is 1.11. The zero-order valence-corrected chi connectivity index (χ0v) is 31.1. The third-order valence-electron chi connectivity index (χ3n) is 7.06. The van der Waals surface area contributed by atoms with Gasteiger partial charge in [-0.3, -0.25) is 0 Å². The van der Waals surface area contributed by atoms with E-state index in [-0.39, 0.29) is 0 Å². The Kier molecular flexibility index (Phi) is 10.7. The first-order valence-corrected chi connectivity index (χ1v) is 19.8. The quantitative estimate of drug-likeness (QED) is 0.110.